The second kappa shape index (κ2) is 8.21. The third kappa shape index (κ3) is 2.90. The van der Waals surface area contributed by atoms with Crippen LogP contribution in [0.25, 0.3) is 87.1 Å². The van der Waals surface area contributed by atoms with Crippen LogP contribution in [0.2, 0.25) is 0 Å². The molecule has 0 radical (unpaired) electrons. The summed E-state index contributed by atoms with van der Waals surface area (Å²) in [6.07, 6.45) is 0. The highest BCUT2D eigenvalue weighted by Crippen LogP contribution is 2.45. The Morgan fingerprint density at radius 2 is 1.02 bits per heavy atom. The lowest BCUT2D eigenvalue weighted by molar-refractivity contribution is 0.243. The molecular formula is C43H32N4. The molecule has 224 valence electrons. The first-order chi connectivity index (χ1) is 22.8. The molecule has 7 aromatic carbocycles. The maximum atomic E-state index is 5.54. The van der Waals surface area contributed by atoms with Crippen LogP contribution in [0.4, 0.5) is 0 Å². The molecule has 1 aliphatic rings. The fourth-order valence-electron chi connectivity index (χ4n) is 8.80. The van der Waals surface area contributed by atoms with Crippen LogP contribution < -0.4 is 5.62 Å². The predicted molar refractivity (Wildman–Crippen MR) is 197 cm³/mol. The van der Waals surface area contributed by atoms with E-state index in [0.717, 1.165) is 5.62 Å². The van der Waals surface area contributed by atoms with Gasteiger partial charge in [-0.2, -0.15) is 0 Å². The van der Waals surface area contributed by atoms with Crippen molar-refractivity contribution in [1.29, 1.82) is 0 Å². The van der Waals surface area contributed by atoms with Crippen molar-refractivity contribution < 1.29 is 0 Å². The monoisotopic (exact) mass is 604 g/mol. The molecule has 1 aliphatic heterocycles. The lowest BCUT2D eigenvalue weighted by atomic mass is 9.84. The minimum atomic E-state index is -0.294. The zero-order chi connectivity index (χ0) is 31.4. The smallest absolute Gasteiger partial charge is 0.211 e. The summed E-state index contributed by atoms with van der Waals surface area (Å²) in [5.41, 5.74) is 7.80. The fourth-order valence-corrected chi connectivity index (χ4v) is 8.80. The van der Waals surface area contributed by atoms with Gasteiger partial charge in [-0.25, -0.2) is 4.99 Å². The van der Waals surface area contributed by atoms with E-state index in [0.29, 0.717) is 0 Å². The van der Waals surface area contributed by atoms with Gasteiger partial charge in [-0.1, -0.05) is 97.1 Å². The van der Waals surface area contributed by atoms with Crippen LogP contribution in [0.15, 0.2) is 126 Å². The molecule has 47 heavy (non-hydrogen) atoms. The molecule has 0 atom stereocenters. The number of imidazole rings is 1. The van der Waals surface area contributed by atoms with Gasteiger partial charge >= 0.3 is 0 Å². The molecule has 0 saturated carbocycles. The van der Waals surface area contributed by atoms with E-state index in [1.54, 1.807) is 0 Å². The standard InChI is InChI=1S/C43H32N4/c1-42(2)43(3,4)47-38-23-33-32-20-11-19-31-28-16-9-10-21-34(28)45(40(31)32)36(33)24-37(38)46(41(47)44-42)35-22-12-18-30-27-14-6-5-13-25(27)26-15-7-8-17-29(26)39(30)35/h5-24H,1-4H3. The number of fused-ring (bicyclic) bond motifs is 15. The van der Waals surface area contributed by atoms with E-state index >= 15 is 0 Å². The van der Waals surface area contributed by atoms with Gasteiger partial charge in [-0.05, 0) is 78.9 Å². The number of benzene rings is 7. The largest absolute Gasteiger partial charge is 0.308 e. The van der Waals surface area contributed by atoms with E-state index in [-0.39, 0.29) is 11.1 Å². The van der Waals surface area contributed by atoms with Gasteiger partial charge in [0.25, 0.3) is 0 Å². The summed E-state index contributed by atoms with van der Waals surface area (Å²) in [5, 5.41) is 12.8. The Kier molecular flexibility index (Phi) is 4.46. The second-order valence-electron chi connectivity index (χ2n) is 14.4. The molecule has 0 bridgehead atoms. The molecule has 0 spiro atoms. The number of nitrogens with zero attached hydrogens (tertiary/aromatic N) is 4. The second-order valence-corrected chi connectivity index (χ2v) is 14.4. The predicted octanol–water partition coefficient (Wildman–Crippen LogP) is 10.5. The first-order valence-electron chi connectivity index (χ1n) is 16.6. The Morgan fingerprint density at radius 1 is 0.468 bits per heavy atom. The first-order valence-corrected chi connectivity index (χ1v) is 16.6. The van der Waals surface area contributed by atoms with E-state index in [1.807, 2.05) is 0 Å². The molecule has 3 aromatic heterocycles. The lowest BCUT2D eigenvalue weighted by Gasteiger charge is -2.34. The van der Waals surface area contributed by atoms with Gasteiger partial charge in [0.15, 0.2) is 0 Å². The molecular weight excluding hydrogens is 573 g/mol. The number of aromatic nitrogens is 3. The summed E-state index contributed by atoms with van der Waals surface area (Å²) in [4.78, 5) is 5.54. The first kappa shape index (κ1) is 25.6. The van der Waals surface area contributed by atoms with Gasteiger partial charge in [-0.15, -0.1) is 0 Å². The van der Waals surface area contributed by atoms with Crippen molar-refractivity contribution in [1.82, 2.24) is 13.5 Å². The highest BCUT2D eigenvalue weighted by molar-refractivity contribution is 6.28. The minimum Gasteiger partial charge on any atom is -0.308 e. The summed E-state index contributed by atoms with van der Waals surface area (Å²) in [6, 6.07) is 45.0. The van der Waals surface area contributed by atoms with Gasteiger partial charge in [0.2, 0.25) is 5.62 Å². The van der Waals surface area contributed by atoms with Crippen molar-refractivity contribution in [2.45, 2.75) is 38.8 Å². The van der Waals surface area contributed by atoms with Crippen molar-refractivity contribution in [2.24, 2.45) is 4.99 Å². The molecule has 0 N–H and O–H groups in total. The van der Waals surface area contributed by atoms with Gasteiger partial charge in [0.1, 0.15) is 0 Å². The van der Waals surface area contributed by atoms with Gasteiger partial charge in [0.05, 0.1) is 44.3 Å². The van der Waals surface area contributed by atoms with Crippen LogP contribution in [0.5, 0.6) is 0 Å². The molecule has 0 aliphatic carbocycles. The normalized spacial score (nSPS) is 15.7. The van der Waals surface area contributed by atoms with Crippen molar-refractivity contribution in [2.75, 3.05) is 0 Å². The Hall–Kier alpha value is -5.61. The molecule has 0 unspecified atom stereocenters. The molecule has 4 heterocycles. The molecule has 0 amide bonds. The van der Waals surface area contributed by atoms with Crippen molar-refractivity contribution in [3.05, 3.63) is 127 Å². The van der Waals surface area contributed by atoms with Crippen molar-refractivity contribution >= 4 is 81.4 Å². The SMILES string of the molecule is CC1(C)N=c2n(-c3cccc4c5ccccc5c5ccccc5c34)c3cc4c(cc3n2C1(C)C)c1cccc2c3ccccc3n4c21. The Labute approximate surface area is 270 Å². The van der Waals surface area contributed by atoms with Crippen LogP contribution in [0.3, 0.4) is 0 Å². The van der Waals surface area contributed by atoms with E-state index in [4.69, 9.17) is 4.99 Å². The molecule has 4 heteroatoms. The molecule has 10 aromatic rings. The summed E-state index contributed by atoms with van der Waals surface area (Å²) in [6.45, 7) is 9.23. The quantitative estimate of drug-likeness (QED) is 0.167. The Bertz CT molecular complexity index is 3030. The van der Waals surface area contributed by atoms with E-state index in [9.17, 15) is 0 Å². The number of hydrogen-bond acceptors (Lipinski definition) is 1. The lowest BCUT2D eigenvalue weighted by Crippen LogP contribution is -2.43. The van der Waals surface area contributed by atoms with Crippen molar-refractivity contribution in [3.63, 3.8) is 0 Å². The maximum Gasteiger partial charge on any atom is 0.211 e. The third-order valence-corrected chi connectivity index (χ3v) is 11.6. The summed E-state index contributed by atoms with van der Waals surface area (Å²) >= 11 is 0. The average Bonchev–Trinajstić information content (AvgIpc) is 3.75. The van der Waals surface area contributed by atoms with Crippen LogP contribution in [-0.4, -0.2) is 19.1 Å². The summed E-state index contributed by atoms with van der Waals surface area (Å²) in [7, 11) is 0. The number of rotatable bonds is 1. The highest BCUT2D eigenvalue weighted by Gasteiger charge is 2.45. The summed E-state index contributed by atoms with van der Waals surface area (Å²) < 4.78 is 7.46. The van der Waals surface area contributed by atoms with Crippen LogP contribution >= 0.6 is 0 Å². The highest BCUT2D eigenvalue weighted by atomic mass is 15.3. The Morgan fingerprint density at radius 3 is 1.74 bits per heavy atom. The van der Waals surface area contributed by atoms with Gasteiger partial charge in [0, 0.05) is 26.9 Å². The zero-order valence-electron chi connectivity index (χ0n) is 26.8. The average molecular weight is 605 g/mol. The van der Waals surface area contributed by atoms with Crippen LogP contribution in [0, 0.1) is 0 Å². The molecule has 0 saturated heterocycles. The summed E-state index contributed by atoms with van der Waals surface area (Å²) in [5.74, 6) is 0. The van der Waals surface area contributed by atoms with E-state index < -0.39 is 0 Å². The Balaban J connectivity index is 1.40. The molecule has 11 rings (SSSR count). The van der Waals surface area contributed by atoms with E-state index in [1.165, 1.54) is 87.1 Å². The minimum absolute atomic E-state index is 0.244. The maximum absolute atomic E-state index is 5.54. The fraction of sp³-hybridized carbons (Fsp3) is 0.140. The third-order valence-electron chi connectivity index (χ3n) is 11.6. The van der Waals surface area contributed by atoms with E-state index in [2.05, 4.69) is 163 Å². The van der Waals surface area contributed by atoms with Gasteiger partial charge < -0.3 is 8.97 Å². The van der Waals surface area contributed by atoms with Crippen molar-refractivity contribution in [3.8, 4) is 5.69 Å². The molecule has 4 nitrogen and oxygen atoms in total. The topological polar surface area (TPSA) is 26.6 Å². The number of hydrogen-bond donors (Lipinski definition) is 0. The van der Waals surface area contributed by atoms with Crippen LogP contribution in [-0.2, 0) is 5.54 Å². The van der Waals surface area contributed by atoms with Gasteiger partial charge in [-0.3, -0.25) is 4.57 Å². The van der Waals surface area contributed by atoms with Crippen LogP contribution in [0.1, 0.15) is 27.7 Å². The molecule has 0 fully saturated rings. The zero-order valence-corrected chi connectivity index (χ0v) is 26.8. The number of para-hydroxylation sites is 2.